The molecule has 0 saturated heterocycles. The van der Waals surface area contributed by atoms with Crippen LogP contribution in [0.4, 0.5) is 0 Å². The summed E-state index contributed by atoms with van der Waals surface area (Å²) in [7, 11) is 0. The van der Waals surface area contributed by atoms with Gasteiger partial charge < -0.3 is 53.2 Å². The van der Waals surface area contributed by atoms with Crippen LogP contribution in [0.1, 0.15) is 38.5 Å². The van der Waals surface area contributed by atoms with E-state index in [2.05, 4.69) is 21.3 Å². The first kappa shape index (κ1) is 37.0. The summed E-state index contributed by atoms with van der Waals surface area (Å²) in [6.45, 7) is -0.805. The lowest BCUT2D eigenvalue weighted by molar-refractivity contribution is -0.143. The van der Waals surface area contributed by atoms with Gasteiger partial charge in [0.2, 0.25) is 29.5 Å². The van der Waals surface area contributed by atoms with Crippen LogP contribution in [-0.4, -0.2) is 117 Å². The minimum Gasteiger partial charge on any atom is -0.481 e. The summed E-state index contributed by atoms with van der Waals surface area (Å²) < 4.78 is 0. The Kier molecular flexibility index (Phi) is 17.3. The number of nitrogens with one attached hydrogen (secondary N) is 4. The molecule has 0 aromatic rings. The Balaban J connectivity index is 5.96. The van der Waals surface area contributed by atoms with E-state index in [9.17, 15) is 43.5 Å². The molecule has 0 aromatic carbocycles. The SMILES string of the molecule is CSCC[C@H](NC(=O)[C@H](CCC(=O)O)NC(=O)[C@H](CCC(=O)O)NC(=O)[C@H](CC(N)=O)NC(=O)[C@@H](N)CO)C(=O)O. The van der Waals surface area contributed by atoms with Gasteiger partial charge in [-0.15, -0.1) is 0 Å². The van der Waals surface area contributed by atoms with Crippen LogP contribution in [-0.2, 0) is 38.4 Å². The van der Waals surface area contributed by atoms with Crippen molar-refractivity contribution in [2.75, 3.05) is 18.6 Å². The molecule has 12 N–H and O–H groups in total. The molecule has 19 heteroatoms. The van der Waals surface area contributed by atoms with Crippen molar-refractivity contribution in [3.05, 3.63) is 0 Å². The zero-order valence-electron chi connectivity index (χ0n) is 22.2. The van der Waals surface area contributed by atoms with Gasteiger partial charge in [0, 0.05) is 12.8 Å². The smallest absolute Gasteiger partial charge is 0.326 e. The number of hydrogen-bond donors (Lipinski definition) is 10. The van der Waals surface area contributed by atoms with Crippen LogP contribution >= 0.6 is 11.8 Å². The maximum absolute atomic E-state index is 13.1. The van der Waals surface area contributed by atoms with Crippen molar-refractivity contribution in [2.24, 2.45) is 11.5 Å². The molecule has 0 aliphatic carbocycles. The molecule has 0 aliphatic rings. The van der Waals surface area contributed by atoms with E-state index in [1.165, 1.54) is 11.8 Å². The molecule has 5 atom stereocenters. The first-order chi connectivity index (χ1) is 19.1. The normalized spacial score (nSPS) is 14.3. The maximum Gasteiger partial charge on any atom is 0.326 e. The average molecular weight is 609 g/mol. The van der Waals surface area contributed by atoms with E-state index in [-0.39, 0.29) is 6.42 Å². The molecule has 5 amide bonds. The van der Waals surface area contributed by atoms with Crippen LogP contribution < -0.4 is 32.7 Å². The van der Waals surface area contributed by atoms with Crippen molar-refractivity contribution in [3.63, 3.8) is 0 Å². The maximum atomic E-state index is 13.1. The zero-order valence-corrected chi connectivity index (χ0v) is 23.0. The summed E-state index contributed by atoms with van der Waals surface area (Å²) in [6, 6.07) is -7.78. The Morgan fingerprint density at radius 3 is 1.46 bits per heavy atom. The van der Waals surface area contributed by atoms with Crippen LogP contribution in [0.3, 0.4) is 0 Å². The van der Waals surface area contributed by atoms with Crippen LogP contribution in [0.15, 0.2) is 0 Å². The molecule has 0 radical (unpaired) electrons. The number of carboxylic acid groups (broad SMARTS) is 3. The third-order valence-electron chi connectivity index (χ3n) is 5.36. The Morgan fingerprint density at radius 1 is 0.683 bits per heavy atom. The standard InChI is InChI=1S/C22H36N6O12S/c1-41-7-6-13(22(39)40)27-20(37)12(3-5-17(33)34)25-19(36)11(2-4-16(31)32)26-21(38)14(8-15(24)30)28-18(35)10(23)9-29/h10-14,29H,2-9,23H2,1H3,(H2,24,30)(H,25,36)(H,26,38)(H,27,37)(H,28,35)(H,31,32)(H,33,34)(H,39,40)/t10-,11-,12-,13-,14-/m0/s1. The van der Waals surface area contributed by atoms with E-state index < -0.39 is 116 Å². The van der Waals surface area contributed by atoms with E-state index in [1.54, 1.807) is 6.26 Å². The number of hydrogen-bond acceptors (Lipinski definition) is 11. The molecule has 0 fully saturated rings. The second kappa shape index (κ2) is 19.2. The van der Waals surface area contributed by atoms with E-state index in [0.29, 0.717) is 5.75 Å². The number of nitrogens with two attached hydrogens (primary N) is 2. The number of aliphatic hydroxyl groups is 1. The minimum absolute atomic E-state index is 0.0199. The first-order valence-electron chi connectivity index (χ1n) is 12.1. The number of primary amides is 1. The van der Waals surface area contributed by atoms with Crippen LogP contribution in [0.25, 0.3) is 0 Å². The Hall–Kier alpha value is -3.97. The summed E-state index contributed by atoms with van der Waals surface area (Å²) in [5.41, 5.74) is 10.5. The monoisotopic (exact) mass is 608 g/mol. The van der Waals surface area contributed by atoms with E-state index in [4.69, 9.17) is 26.8 Å². The Bertz CT molecular complexity index is 981. The molecule has 0 aliphatic heterocycles. The minimum atomic E-state index is -1.68. The van der Waals surface area contributed by atoms with E-state index in [0.717, 1.165) is 0 Å². The van der Waals surface area contributed by atoms with Crippen LogP contribution in [0.5, 0.6) is 0 Å². The fourth-order valence-corrected chi connectivity index (χ4v) is 3.63. The number of aliphatic carboxylic acids is 3. The molecule has 41 heavy (non-hydrogen) atoms. The second-order valence-corrected chi connectivity index (χ2v) is 9.67. The molecule has 0 heterocycles. The van der Waals surface area contributed by atoms with Gasteiger partial charge in [-0.25, -0.2) is 4.79 Å². The van der Waals surface area contributed by atoms with Crippen molar-refractivity contribution in [3.8, 4) is 0 Å². The topological polar surface area (TPSA) is 318 Å². The van der Waals surface area contributed by atoms with Gasteiger partial charge in [-0.1, -0.05) is 0 Å². The highest BCUT2D eigenvalue weighted by molar-refractivity contribution is 7.98. The van der Waals surface area contributed by atoms with Gasteiger partial charge in [0.15, 0.2) is 0 Å². The highest BCUT2D eigenvalue weighted by Gasteiger charge is 2.32. The van der Waals surface area contributed by atoms with Crippen molar-refractivity contribution in [1.29, 1.82) is 0 Å². The van der Waals surface area contributed by atoms with Gasteiger partial charge in [-0.2, -0.15) is 11.8 Å². The Labute approximate surface area is 238 Å². The number of rotatable bonds is 21. The molecule has 0 unspecified atom stereocenters. The van der Waals surface area contributed by atoms with Gasteiger partial charge in [0.1, 0.15) is 30.2 Å². The molecular formula is C22H36N6O12S. The molecule has 18 nitrogen and oxygen atoms in total. The first-order valence-corrected chi connectivity index (χ1v) is 13.5. The van der Waals surface area contributed by atoms with Gasteiger partial charge in [0.05, 0.1) is 13.0 Å². The van der Waals surface area contributed by atoms with Crippen molar-refractivity contribution in [2.45, 2.75) is 68.7 Å². The van der Waals surface area contributed by atoms with Crippen molar-refractivity contribution < 1.29 is 58.8 Å². The average Bonchev–Trinajstić information content (AvgIpc) is 2.88. The summed E-state index contributed by atoms with van der Waals surface area (Å²) in [5, 5.41) is 45.1. The zero-order chi connectivity index (χ0) is 31.7. The summed E-state index contributed by atoms with van der Waals surface area (Å²) >= 11 is 1.31. The van der Waals surface area contributed by atoms with Gasteiger partial charge in [-0.3, -0.25) is 33.6 Å². The third kappa shape index (κ3) is 15.4. The summed E-state index contributed by atoms with van der Waals surface area (Å²) in [6.07, 6.45) is -1.35. The fraction of sp³-hybridized carbons (Fsp3) is 0.636. The van der Waals surface area contributed by atoms with E-state index >= 15 is 0 Å². The predicted octanol–water partition coefficient (Wildman–Crippen LogP) is -4.31. The highest BCUT2D eigenvalue weighted by Crippen LogP contribution is 2.07. The predicted molar refractivity (Wildman–Crippen MR) is 141 cm³/mol. The lowest BCUT2D eigenvalue weighted by atomic mass is 10.1. The molecule has 0 rings (SSSR count). The number of carbonyl (C=O) groups excluding carboxylic acids is 5. The van der Waals surface area contributed by atoms with Crippen LogP contribution in [0, 0.1) is 0 Å². The summed E-state index contributed by atoms with van der Waals surface area (Å²) in [4.78, 5) is 96.0. The van der Waals surface area contributed by atoms with E-state index in [1.807, 2.05) is 0 Å². The van der Waals surface area contributed by atoms with Crippen molar-refractivity contribution >= 4 is 59.2 Å². The number of amides is 5. The van der Waals surface area contributed by atoms with Gasteiger partial charge in [0.25, 0.3) is 0 Å². The molecule has 232 valence electrons. The lowest BCUT2D eigenvalue weighted by Gasteiger charge is -2.26. The quantitative estimate of drug-likeness (QED) is 0.0589. The number of aliphatic hydroxyl groups excluding tert-OH is 1. The van der Waals surface area contributed by atoms with Crippen LogP contribution in [0.2, 0.25) is 0 Å². The van der Waals surface area contributed by atoms with Gasteiger partial charge >= 0.3 is 17.9 Å². The van der Waals surface area contributed by atoms with Gasteiger partial charge in [-0.05, 0) is 31.3 Å². The number of carbonyl (C=O) groups is 8. The fourth-order valence-electron chi connectivity index (χ4n) is 3.16. The number of carboxylic acids is 3. The van der Waals surface area contributed by atoms with Crippen molar-refractivity contribution in [1.82, 2.24) is 21.3 Å². The number of thioether (sulfide) groups is 1. The molecule has 0 saturated carbocycles. The second-order valence-electron chi connectivity index (χ2n) is 8.69. The Morgan fingerprint density at radius 2 is 1.10 bits per heavy atom. The lowest BCUT2D eigenvalue weighted by Crippen LogP contribution is -2.59. The summed E-state index contributed by atoms with van der Waals surface area (Å²) in [5.74, 6) is -9.14. The highest BCUT2D eigenvalue weighted by atomic mass is 32.2. The molecule has 0 aromatic heterocycles. The molecule has 0 bridgehead atoms. The third-order valence-corrected chi connectivity index (χ3v) is 6.00. The largest absolute Gasteiger partial charge is 0.481 e. The molecular weight excluding hydrogens is 572 g/mol. The molecule has 0 spiro atoms.